The van der Waals surface area contributed by atoms with Gasteiger partial charge in [-0.1, -0.05) is 15.9 Å². The molecule has 0 fully saturated rings. The first-order valence-corrected chi connectivity index (χ1v) is 5.05. The van der Waals surface area contributed by atoms with Gasteiger partial charge in [-0.25, -0.2) is 13.8 Å². The van der Waals surface area contributed by atoms with Crippen molar-refractivity contribution in [3.63, 3.8) is 0 Å². The summed E-state index contributed by atoms with van der Waals surface area (Å²) in [5, 5.41) is 0.478. The summed E-state index contributed by atoms with van der Waals surface area (Å²) < 4.78 is 24.8. The molecule has 0 saturated heterocycles. The highest BCUT2D eigenvalue weighted by Crippen LogP contribution is 2.22. The lowest BCUT2D eigenvalue weighted by Crippen LogP contribution is -1.91. The second-order valence-corrected chi connectivity index (χ2v) is 3.52. The molecular weight excluding hydrogens is 296 g/mol. The fourth-order valence-electron chi connectivity index (χ4n) is 0.768. The van der Waals surface area contributed by atoms with Crippen LogP contribution in [-0.2, 0) is 5.33 Å². The second kappa shape index (κ2) is 4.28. The van der Waals surface area contributed by atoms with Crippen LogP contribution in [0.15, 0.2) is 16.7 Å². The average Bonchev–Trinajstić information content (AvgIpc) is 2.03. The largest absolute Gasteiger partial charge is 0.264 e. The highest BCUT2D eigenvalue weighted by atomic mass is 79.9. The predicted molar refractivity (Wildman–Crippen MR) is 49.5 cm³/mol. The van der Waals surface area contributed by atoms with Gasteiger partial charge in [0, 0.05) is 10.9 Å². The third-order valence-corrected chi connectivity index (χ3v) is 2.24. The molecule has 0 amide bonds. The molecule has 1 rings (SSSR count). The summed E-state index contributed by atoms with van der Waals surface area (Å²) in [5.41, 5.74) is 0.589. The Balaban J connectivity index is 3.06. The van der Waals surface area contributed by atoms with E-state index >= 15 is 0 Å². The molecule has 5 heteroatoms. The minimum Gasteiger partial charge on any atom is -0.245 e. The van der Waals surface area contributed by atoms with Crippen molar-refractivity contribution in [2.24, 2.45) is 0 Å². The third-order valence-electron chi connectivity index (χ3n) is 1.26. The van der Waals surface area contributed by atoms with E-state index in [2.05, 4.69) is 36.8 Å². The molecule has 0 N–H and O–H groups in total. The standard InChI is InChI=1S/C7H5Br2F2N/c8-3-5-1-4(7(10)11)2-6(9)12-5/h1-2,7H,3H2. The SMILES string of the molecule is FC(F)c1cc(Br)nc(CBr)c1. The Labute approximate surface area is 85.4 Å². The van der Waals surface area contributed by atoms with Crippen molar-refractivity contribution in [3.05, 3.63) is 28.0 Å². The Bertz CT molecular complexity index is 278. The van der Waals surface area contributed by atoms with Crippen LogP contribution >= 0.6 is 31.9 Å². The Morgan fingerprint density at radius 1 is 1.42 bits per heavy atom. The van der Waals surface area contributed by atoms with E-state index in [4.69, 9.17) is 0 Å². The van der Waals surface area contributed by atoms with Gasteiger partial charge in [0.25, 0.3) is 6.43 Å². The Kier molecular flexibility index (Phi) is 3.58. The van der Waals surface area contributed by atoms with Gasteiger partial charge < -0.3 is 0 Å². The van der Waals surface area contributed by atoms with E-state index in [1.54, 1.807) is 0 Å². The van der Waals surface area contributed by atoms with Crippen LogP contribution in [0, 0.1) is 0 Å². The van der Waals surface area contributed by atoms with Gasteiger partial charge >= 0.3 is 0 Å². The molecule has 12 heavy (non-hydrogen) atoms. The molecule has 0 aromatic carbocycles. The first-order valence-electron chi connectivity index (χ1n) is 3.14. The van der Waals surface area contributed by atoms with Crippen molar-refractivity contribution in [1.82, 2.24) is 4.98 Å². The molecule has 1 heterocycles. The molecule has 0 aliphatic rings. The van der Waals surface area contributed by atoms with E-state index in [9.17, 15) is 8.78 Å². The summed E-state index contributed by atoms with van der Waals surface area (Å²) in [6.45, 7) is 0. The molecular formula is C7H5Br2F2N. The van der Waals surface area contributed by atoms with Gasteiger partial charge in [-0.2, -0.15) is 0 Å². The van der Waals surface area contributed by atoms with Crippen LogP contribution in [0.25, 0.3) is 0 Å². The second-order valence-electron chi connectivity index (χ2n) is 2.15. The summed E-state index contributed by atoms with van der Waals surface area (Å²) in [6, 6.07) is 2.70. The fraction of sp³-hybridized carbons (Fsp3) is 0.286. The van der Waals surface area contributed by atoms with Crippen LogP contribution in [0.4, 0.5) is 8.78 Å². The number of nitrogens with zero attached hydrogens (tertiary/aromatic N) is 1. The highest BCUT2D eigenvalue weighted by molar-refractivity contribution is 9.10. The Hall–Kier alpha value is -0.0300. The number of aromatic nitrogens is 1. The van der Waals surface area contributed by atoms with Crippen LogP contribution in [0.2, 0.25) is 0 Å². The Morgan fingerprint density at radius 2 is 2.08 bits per heavy atom. The maximum atomic E-state index is 12.2. The molecule has 0 aliphatic carbocycles. The van der Waals surface area contributed by atoms with Crippen LogP contribution in [0.5, 0.6) is 0 Å². The van der Waals surface area contributed by atoms with Gasteiger partial charge in [0.15, 0.2) is 0 Å². The number of pyridine rings is 1. The van der Waals surface area contributed by atoms with Crippen molar-refractivity contribution in [3.8, 4) is 0 Å². The van der Waals surface area contributed by atoms with Crippen molar-refractivity contribution >= 4 is 31.9 Å². The average molecular weight is 301 g/mol. The van der Waals surface area contributed by atoms with Gasteiger partial charge in [-0.15, -0.1) is 0 Å². The summed E-state index contributed by atoms with van der Waals surface area (Å²) in [6.07, 6.45) is -2.44. The zero-order valence-corrected chi connectivity index (χ0v) is 9.07. The number of rotatable bonds is 2. The number of hydrogen-bond acceptors (Lipinski definition) is 1. The maximum absolute atomic E-state index is 12.2. The first-order chi connectivity index (χ1) is 5.63. The van der Waals surface area contributed by atoms with E-state index in [1.807, 2.05) is 0 Å². The third kappa shape index (κ3) is 2.48. The van der Waals surface area contributed by atoms with Crippen molar-refractivity contribution in [1.29, 1.82) is 0 Å². The molecule has 0 atom stereocenters. The molecule has 0 spiro atoms. The monoisotopic (exact) mass is 299 g/mol. The minimum atomic E-state index is -2.44. The minimum absolute atomic E-state index is 0.00803. The van der Waals surface area contributed by atoms with E-state index < -0.39 is 6.43 Å². The molecule has 1 aromatic heterocycles. The van der Waals surface area contributed by atoms with E-state index in [0.29, 0.717) is 15.6 Å². The molecule has 0 aliphatic heterocycles. The first kappa shape index (κ1) is 10.1. The van der Waals surface area contributed by atoms with Gasteiger partial charge in [0.2, 0.25) is 0 Å². The Morgan fingerprint density at radius 3 is 2.58 bits per heavy atom. The lowest BCUT2D eigenvalue weighted by atomic mass is 10.2. The smallest absolute Gasteiger partial charge is 0.245 e. The number of hydrogen-bond donors (Lipinski definition) is 0. The molecule has 0 radical (unpaired) electrons. The van der Waals surface area contributed by atoms with Gasteiger partial charge in [-0.3, -0.25) is 0 Å². The summed E-state index contributed by atoms with van der Waals surface area (Å²) in [4.78, 5) is 3.97. The van der Waals surface area contributed by atoms with E-state index in [0.717, 1.165) is 0 Å². The van der Waals surface area contributed by atoms with Crippen LogP contribution in [0.3, 0.4) is 0 Å². The molecule has 0 bridgehead atoms. The van der Waals surface area contributed by atoms with Crippen LogP contribution < -0.4 is 0 Å². The van der Waals surface area contributed by atoms with E-state index in [-0.39, 0.29) is 5.56 Å². The number of halogens is 4. The van der Waals surface area contributed by atoms with Crippen LogP contribution in [0.1, 0.15) is 17.7 Å². The zero-order chi connectivity index (χ0) is 9.14. The molecule has 0 unspecified atom stereocenters. The quantitative estimate of drug-likeness (QED) is 0.600. The van der Waals surface area contributed by atoms with E-state index in [1.165, 1.54) is 12.1 Å². The topological polar surface area (TPSA) is 12.9 Å². The molecule has 0 saturated carbocycles. The summed E-state index contributed by atoms with van der Waals surface area (Å²) in [5.74, 6) is 0. The molecule has 1 nitrogen and oxygen atoms in total. The maximum Gasteiger partial charge on any atom is 0.264 e. The molecule has 66 valence electrons. The summed E-state index contributed by atoms with van der Waals surface area (Å²) >= 11 is 6.20. The van der Waals surface area contributed by atoms with Crippen LogP contribution in [-0.4, -0.2) is 4.98 Å². The summed E-state index contributed by atoms with van der Waals surface area (Å²) in [7, 11) is 0. The van der Waals surface area contributed by atoms with Crippen molar-refractivity contribution in [2.75, 3.05) is 0 Å². The number of alkyl halides is 3. The highest BCUT2D eigenvalue weighted by Gasteiger charge is 2.09. The van der Waals surface area contributed by atoms with Crippen molar-refractivity contribution in [2.45, 2.75) is 11.8 Å². The van der Waals surface area contributed by atoms with Gasteiger partial charge in [0.05, 0.1) is 5.69 Å². The lowest BCUT2D eigenvalue weighted by Gasteiger charge is -2.02. The van der Waals surface area contributed by atoms with Gasteiger partial charge in [-0.05, 0) is 28.1 Å². The van der Waals surface area contributed by atoms with Crippen molar-refractivity contribution < 1.29 is 8.78 Å². The molecule has 1 aromatic rings. The normalized spacial score (nSPS) is 10.8. The lowest BCUT2D eigenvalue weighted by molar-refractivity contribution is 0.151. The van der Waals surface area contributed by atoms with Gasteiger partial charge in [0.1, 0.15) is 4.60 Å². The fourth-order valence-corrected chi connectivity index (χ4v) is 1.55. The zero-order valence-electron chi connectivity index (χ0n) is 5.90. The predicted octanol–water partition coefficient (Wildman–Crippen LogP) is 3.68.